The SMILES string of the molecule is Cc1cc(NC(=O)C2CCCCC2)ccc1C(=O)O. The van der Waals surface area contributed by atoms with Crippen molar-refractivity contribution in [1.82, 2.24) is 0 Å². The third kappa shape index (κ3) is 3.34. The van der Waals surface area contributed by atoms with Gasteiger partial charge in [-0.05, 0) is 43.5 Å². The maximum atomic E-state index is 12.1. The lowest BCUT2D eigenvalue weighted by Crippen LogP contribution is -2.24. The molecule has 1 saturated carbocycles. The molecule has 0 aliphatic heterocycles. The van der Waals surface area contributed by atoms with Gasteiger partial charge in [0.15, 0.2) is 0 Å². The predicted octanol–water partition coefficient (Wildman–Crippen LogP) is 3.21. The van der Waals surface area contributed by atoms with Gasteiger partial charge in [0.2, 0.25) is 5.91 Å². The van der Waals surface area contributed by atoms with E-state index in [1.807, 2.05) is 0 Å². The molecule has 1 aromatic carbocycles. The number of carboxylic acids is 1. The number of anilines is 1. The fourth-order valence-electron chi connectivity index (χ4n) is 2.59. The van der Waals surface area contributed by atoms with E-state index in [1.165, 1.54) is 12.5 Å². The molecule has 1 aliphatic rings. The average Bonchev–Trinajstić information content (AvgIpc) is 2.39. The molecule has 1 aromatic rings. The largest absolute Gasteiger partial charge is 0.478 e. The molecule has 4 heteroatoms. The topological polar surface area (TPSA) is 66.4 Å². The van der Waals surface area contributed by atoms with Crippen molar-refractivity contribution in [3.8, 4) is 0 Å². The molecule has 2 N–H and O–H groups in total. The number of amides is 1. The Morgan fingerprint density at radius 1 is 1.21 bits per heavy atom. The molecule has 4 nitrogen and oxygen atoms in total. The molecule has 0 spiro atoms. The fourth-order valence-corrected chi connectivity index (χ4v) is 2.59. The van der Waals surface area contributed by atoms with Crippen molar-refractivity contribution in [2.24, 2.45) is 5.92 Å². The van der Waals surface area contributed by atoms with Crippen LogP contribution in [0.4, 0.5) is 5.69 Å². The summed E-state index contributed by atoms with van der Waals surface area (Å²) in [5.74, 6) is -0.780. The maximum Gasteiger partial charge on any atom is 0.335 e. The molecular formula is C15H19NO3. The van der Waals surface area contributed by atoms with Gasteiger partial charge in [0.05, 0.1) is 5.56 Å². The van der Waals surface area contributed by atoms with Crippen molar-refractivity contribution >= 4 is 17.6 Å². The standard InChI is InChI=1S/C15H19NO3/c1-10-9-12(7-8-13(10)15(18)19)16-14(17)11-5-3-2-4-6-11/h7-9,11H,2-6H2,1H3,(H,16,17)(H,18,19). The first-order valence-electron chi connectivity index (χ1n) is 6.73. The van der Waals surface area contributed by atoms with Crippen molar-refractivity contribution in [2.45, 2.75) is 39.0 Å². The van der Waals surface area contributed by atoms with E-state index in [1.54, 1.807) is 19.1 Å². The van der Waals surface area contributed by atoms with Crippen LogP contribution in [0.5, 0.6) is 0 Å². The summed E-state index contributed by atoms with van der Waals surface area (Å²) in [5, 5.41) is 11.8. The molecule has 0 heterocycles. The minimum Gasteiger partial charge on any atom is -0.478 e. The molecule has 1 fully saturated rings. The van der Waals surface area contributed by atoms with Gasteiger partial charge in [-0.2, -0.15) is 0 Å². The number of carbonyl (C=O) groups is 2. The number of hydrogen-bond donors (Lipinski definition) is 2. The molecule has 1 amide bonds. The highest BCUT2D eigenvalue weighted by molar-refractivity contribution is 5.94. The number of benzene rings is 1. The molecule has 102 valence electrons. The quantitative estimate of drug-likeness (QED) is 0.878. The second kappa shape index (κ2) is 5.87. The van der Waals surface area contributed by atoms with Crippen molar-refractivity contribution < 1.29 is 14.7 Å². The van der Waals surface area contributed by atoms with E-state index in [0.29, 0.717) is 11.3 Å². The number of carbonyl (C=O) groups excluding carboxylic acids is 1. The monoisotopic (exact) mass is 261 g/mol. The summed E-state index contributed by atoms with van der Waals surface area (Å²) in [4.78, 5) is 23.0. The maximum absolute atomic E-state index is 12.1. The number of rotatable bonds is 3. The van der Waals surface area contributed by atoms with Crippen molar-refractivity contribution in [3.63, 3.8) is 0 Å². The van der Waals surface area contributed by atoms with Gasteiger partial charge in [0, 0.05) is 11.6 Å². The third-order valence-electron chi connectivity index (χ3n) is 3.70. The summed E-state index contributed by atoms with van der Waals surface area (Å²) in [6.07, 6.45) is 5.37. The lowest BCUT2D eigenvalue weighted by molar-refractivity contribution is -0.120. The predicted molar refractivity (Wildman–Crippen MR) is 73.3 cm³/mol. The van der Waals surface area contributed by atoms with Crippen molar-refractivity contribution in [3.05, 3.63) is 29.3 Å². The molecule has 0 atom stereocenters. The molecule has 19 heavy (non-hydrogen) atoms. The first kappa shape index (κ1) is 13.6. The summed E-state index contributed by atoms with van der Waals surface area (Å²) in [5.41, 5.74) is 1.61. The molecule has 0 aromatic heterocycles. The molecule has 0 saturated heterocycles. The average molecular weight is 261 g/mol. The Balaban J connectivity index is 2.04. The molecule has 0 bridgehead atoms. The van der Waals surface area contributed by atoms with Crippen LogP contribution in [-0.2, 0) is 4.79 Å². The summed E-state index contributed by atoms with van der Waals surface area (Å²) in [7, 11) is 0. The zero-order valence-corrected chi connectivity index (χ0v) is 11.1. The van der Waals surface area contributed by atoms with E-state index in [0.717, 1.165) is 25.7 Å². The zero-order valence-electron chi connectivity index (χ0n) is 11.1. The van der Waals surface area contributed by atoms with E-state index in [-0.39, 0.29) is 17.4 Å². The molecule has 0 radical (unpaired) electrons. The number of aromatic carboxylic acids is 1. The first-order chi connectivity index (χ1) is 9.08. The van der Waals surface area contributed by atoms with Crippen molar-refractivity contribution in [2.75, 3.05) is 5.32 Å². The second-order valence-corrected chi connectivity index (χ2v) is 5.16. The van der Waals surface area contributed by atoms with E-state index < -0.39 is 5.97 Å². The van der Waals surface area contributed by atoms with Gasteiger partial charge in [-0.15, -0.1) is 0 Å². The smallest absolute Gasteiger partial charge is 0.335 e. The Bertz CT molecular complexity index is 490. The van der Waals surface area contributed by atoms with Crippen LogP contribution < -0.4 is 5.32 Å². The molecule has 0 unspecified atom stereocenters. The van der Waals surface area contributed by atoms with E-state index in [4.69, 9.17) is 5.11 Å². The van der Waals surface area contributed by atoms with Crippen LogP contribution >= 0.6 is 0 Å². The Hall–Kier alpha value is -1.84. The Kier molecular flexibility index (Phi) is 4.20. The fraction of sp³-hybridized carbons (Fsp3) is 0.467. The van der Waals surface area contributed by atoms with Crippen LogP contribution in [0.2, 0.25) is 0 Å². The van der Waals surface area contributed by atoms with E-state index in [9.17, 15) is 9.59 Å². The van der Waals surface area contributed by atoms with Crippen LogP contribution in [0.25, 0.3) is 0 Å². The lowest BCUT2D eigenvalue weighted by atomic mass is 9.88. The minimum absolute atomic E-state index is 0.0576. The van der Waals surface area contributed by atoms with Crippen LogP contribution in [0.3, 0.4) is 0 Å². The normalized spacial score (nSPS) is 16.1. The molecule has 2 rings (SSSR count). The summed E-state index contributed by atoms with van der Waals surface area (Å²) in [6.45, 7) is 1.74. The summed E-state index contributed by atoms with van der Waals surface area (Å²) < 4.78 is 0. The highest BCUT2D eigenvalue weighted by atomic mass is 16.4. The highest BCUT2D eigenvalue weighted by Gasteiger charge is 2.21. The van der Waals surface area contributed by atoms with E-state index >= 15 is 0 Å². The van der Waals surface area contributed by atoms with Gasteiger partial charge >= 0.3 is 5.97 Å². The van der Waals surface area contributed by atoms with Gasteiger partial charge in [-0.3, -0.25) is 4.79 Å². The Morgan fingerprint density at radius 2 is 1.89 bits per heavy atom. The van der Waals surface area contributed by atoms with E-state index in [2.05, 4.69) is 5.32 Å². The molecular weight excluding hydrogens is 242 g/mol. The van der Waals surface area contributed by atoms with Crippen LogP contribution in [0.1, 0.15) is 48.0 Å². The summed E-state index contributed by atoms with van der Waals surface area (Å²) >= 11 is 0. The van der Waals surface area contributed by atoms with Crippen LogP contribution in [-0.4, -0.2) is 17.0 Å². The number of carboxylic acid groups (broad SMARTS) is 1. The zero-order chi connectivity index (χ0) is 13.8. The number of hydrogen-bond acceptors (Lipinski definition) is 2. The van der Waals surface area contributed by atoms with Gasteiger partial charge in [0.25, 0.3) is 0 Å². The first-order valence-corrected chi connectivity index (χ1v) is 6.73. The second-order valence-electron chi connectivity index (χ2n) is 5.16. The van der Waals surface area contributed by atoms with Crippen LogP contribution in [0, 0.1) is 12.8 Å². The minimum atomic E-state index is -0.942. The van der Waals surface area contributed by atoms with Gasteiger partial charge < -0.3 is 10.4 Å². The Labute approximate surface area is 112 Å². The third-order valence-corrected chi connectivity index (χ3v) is 3.70. The summed E-state index contributed by atoms with van der Waals surface area (Å²) in [6, 6.07) is 4.90. The van der Waals surface area contributed by atoms with Gasteiger partial charge in [-0.1, -0.05) is 19.3 Å². The lowest BCUT2D eigenvalue weighted by Gasteiger charge is -2.20. The van der Waals surface area contributed by atoms with Gasteiger partial charge in [-0.25, -0.2) is 4.79 Å². The molecule has 1 aliphatic carbocycles. The van der Waals surface area contributed by atoms with Crippen LogP contribution in [0.15, 0.2) is 18.2 Å². The Morgan fingerprint density at radius 3 is 2.47 bits per heavy atom. The number of nitrogens with one attached hydrogen (secondary N) is 1. The number of aryl methyl sites for hydroxylation is 1. The van der Waals surface area contributed by atoms with Crippen molar-refractivity contribution in [1.29, 1.82) is 0 Å². The highest BCUT2D eigenvalue weighted by Crippen LogP contribution is 2.25. The van der Waals surface area contributed by atoms with Gasteiger partial charge in [0.1, 0.15) is 0 Å².